The van der Waals surface area contributed by atoms with E-state index in [1.54, 1.807) is 6.07 Å². The first-order valence-electron chi connectivity index (χ1n) is 7.40. The van der Waals surface area contributed by atoms with Crippen molar-refractivity contribution in [3.8, 4) is 0 Å². The van der Waals surface area contributed by atoms with Crippen LogP contribution in [0.25, 0.3) is 10.9 Å². The standard InChI is InChI=1S/C18H18ClFN2/c1-2-21-10-14-12-22(18-6-4-3-5-16(14)18)11-13-7-8-15(20)9-17(13)19/h3-9,12,21H,2,10-11H2,1H3. The van der Waals surface area contributed by atoms with Crippen molar-refractivity contribution in [3.63, 3.8) is 0 Å². The summed E-state index contributed by atoms with van der Waals surface area (Å²) in [5.74, 6) is -0.307. The highest BCUT2D eigenvalue weighted by molar-refractivity contribution is 6.31. The minimum Gasteiger partial charge on any atom is -0.343 e. The van der Waals surface area contributed by atoms with Crippen LogP contribution < -0.4 is 5.32 Å². The van der Waals surface area contributed by atoms with E-state index < -0.39 is 0 Å². The molecule has 0 unspecified atom stereocenters. The summed E-state index contributed by atoms with van der Waals surface area (Å²) in [6, 6.07) is 12.9. The van der Waals surface area contributed by atoms with Gasteiger partial charge in [0.2, 0.25) is 0 Å². The SMILES string of the molecule is CCNCc1cn(Cc2ccc(F)cc2Cl)c2ccccc12. The second-order valence-electron chi connectivity index (χ2n) is 5.32. The molecule has 0 saturated carbocycles. The lowest BCUT2D eigenvalue weighted by Gasteiger charge is -2.07. The molecule has 0 radical (unpaired) electrons. The summed E-state index contributed by atoms with van der Waals surface area (Å²) >= 11 is 6.16. The number of rotatable bonds is 5. The maximum atomic E-state index is 13.2. The summed E-state index contributed by atoms with van der Waals surface area (Å²) in [6.45, 7) is 4.49. The highest BCUT2D eigenvalue weighted by Gasteiger charge is 2.10. The van der Waals surface area contributed by atoms with Crippen LogP contribution in [-0.2, 0) is 13.1 Å². The first-order valence-corrected chi connectivity index (χ1v) is 7.78. The van der Waals surface area contributed by atoms with Gasteiger partial charge in [-0.3, -0.25) is 0 Å². The predicted octanol–water partition coefficient (Wildman–Crippen LogP) is 4.59. The molecule has 0 amide bonds. The molecule has 0 aliphatic rings. The van der Waals surface area contributed by atoms with Crippen molar-refractivity contribution >= 4 is 22.5 Å². The number of hydrogen-bond acceptors (Lipinski definition) is 1. The van der Waals surface area contributed by atoms with Crippen molar-refractivity contribution in [1.29, 1.82) is 0 Å². The predicted molar refractivity (Wildman–Crippen MR) is 89.8 cm³/mol. The number of para-hydroxylation sites is 1. The zero-order valence-electron chi connectivity index (χ0n) is 12.4. The third kappa shape index (κ3) is 3.01. The van der Waals surface area contributed by atoms with Crippen LogP contribution >= 0.6 is 11.6 Å². The lowest BCUT2D eigenvalue weighted by atomic mass is 10.2. The molecule has 0 aliphatic heterocycles. The Kier molecular flexibility index (Phi) is 4.46. The highest BCUT2D eigenvalue weighted by atomic mass is 35.5. The molecule has 4 heteroatoms. The normalized spacial score (nSPS) is 11.2. The van der Waals surface area contributed by atoms with Gasteiger partial charge in [-0.25, -0.2) is 4.39 Å². The zero-order chi connectivity index (χ0) is 15.5. The maximum absolute atomic E-state index is 13.2. The Morgan fingerprint density at radius 3 is 2.73 bits per heavy atom. The van der Waals surface area contributed by atoms with Crippen LogP contribution in [-0.4, -0.2) is 11.1 Å². The lowest BCUT2D eigenvalue weighted by Crippen LogP contribution is -2.11. The third-order valence-electron chi connectivity index (χ3n) is 3.79. The van der Waals surface area contributed by atoms with Crippen molar-refractivity contribution in [2.45, 2.75) is 20.0 Å². The van der Waals surface area contributed by atoms with Crippen molar-refractivity contribution in [1.82, 2.24) is 9.88 Å². The molecule has 0 saturated heterocycles. The molecule has 0 spiro atoms. The van der Waals surface area contributed by atoms with Crippen LogP contribution in [0.3, 0.4) is 0 Å². The van der Waals surface area contributed by atoms with E-state index in [-0.39, 0.29) is 5.82 Å². The second-order valence-corrected chi connectivity index (χ2v) is 5.72. The van der Waals surface area contributed by atoms with Crippen molar-refractivity contribution in [2.75, 3.05) is 6.54 Å². The molecule has 0 aliphatic carbocycles. The first kappa shape index (κ1) is 15.1. The molecular formula is C18H18ClFN2. The van der Waals surface area contributed by atoms with Gasteiger partial charge in [0.15, 0.2) is 0 Å². The quantitative estimate of drug-likeness (QED) is 0.728. The van der Waals surface area contributed by atoms with Gasteiger partial charge in [-0.1, -0.05) is 42.8 Å². The van der Waals surface area contributed by atoms with Gasteiger partial charge in [0, 0.05) is 35.2 Å². The fourth-order valence-corrected chi connectivity index (χ4v) is 2.91. The minimum atomic E-state index is -0.307. The molecule has 1 heterocycles. The molecule has 3 aromatic rings. The molecule has 3 rings (SSSR count). The number of aromatic nitrogens is 1. The molecule has 114 valence electrons. The van der Waals surface area contributed by atoms with Gasteiger partial charge in [-0.15, -0.1) is 0 Å². The van der Waals surface area contributed by atoms with Crippen LogP contribution in [0.2, 0.25) is 5.02 Å². The van der Waals surface area contributed by atoms with E-state index in [0.717, 1.165) is 24.2 Å². The number of halogens is 2. The molecule has 1 aromatic heterocycles. The molecule has 0 fully saturated rings. The Hall–Kier alpha value is -1.84. The highest BCUT2D eigenvalue weighted by Crippen LogP contribution is 2.25. The molecule has 1 N–H and O–H groups in total. The Morgan fingerprint density at radius 1 is 1.14 bits per heavy atom. The van der Waals surface area contributed by atoms with Crippen molar-refractivity contribution < 1.29 is 4.39 Å². The van der Waals surface area contributed by atoms with E-state index in [4.69, 9.17) is 11.6 Å². The number of nitrogens with one attached hydrogen (secondary N) is 1. The van der Waals surface area contributed by atoms with Crippen LogP contribution in [0.5, 0.6) is 0 Å². The average molecular weight is 317 g/mol. The molecule has 0 atom stereocenters. The van der Waals surface area contributed by atoms with Gasteiger partial charge in [0.05, 0.1) is 0 Å². The molecule has 22 heavy (non-hydrogen) atoms. The minimum absolute atomic E-state index is 0.307. The summed E-state index contributed by atoms with van der Waals surface area (Å²) in [7, 11) is 0. The number of fused-ring (bicyclic) bond motifs is 1. The van der Waals surface area contributed by atoms with E-state index in [9.17, 15) is 4.39 Å². The Bertz CT molecular complexity index is 795. The van der Waals surface area contributed by atoms with Crippen LogP contribution in [0.1, 0.15) is 18.1 Å². The Balaban J connectivity index is 1.99. The lowest BCUT2D eigenvalue weighted by molar-refractivity contribution is 0.626. The summed E-state index contributed by atoms with van der Waals surface area (Å²) in [5.41, 5.74) is 3.34. The fraction of sp³-hybridized carbons (Fsp3) is 0.222. The number of benzene rings is 2. The summed E-state index contributed by atoms with van der Waals surface area (Å²) in [5, 5.41) is 5.07. The van der Waals surface area contributed by atoms with Gasteiger partial charge in [0.1, 0.15) is 5.82 Å². The Morgan fingerprint density at radius 2 is 1.95 bits per heavy atom. The monoisotopic (exact) mass is 316 g/mol. The summed E-state index contributed by atoms with van der Waals surface area (Å²) < 4.78 is 15.4. The van der Waals surface area contributed by atoms with E-state index in [1.165, 1.54) is 23.1 Å². The van der Waals surface area contributed by atoms with Gasteiger partial charge >= 0.3 is 0 Å². The van der Waals surface area contributed by atoms with Gasteiger partial charge in [-0.05, 0) is 35.9 Å². The molecular weight excluding hydrogens is 299 g/mol. The number of nitrogens with zero attached hydrogens (tertiary/aromatic N) is 1. The maximum Gasteiger partial charge on any atom is 0.124 e. The topological polar surface area (TPSA) is 17.0 Å². The number of hydrogen-bond donors (Lipinski definition) is 1. The van der Waals surface area contributed by atoms with Crippen LogP contribution in [0.4, 0.5) is 4.39 Å². The molecule has 2 aromatic carbocycles. The molecule has 0 bridgehead atoms. The van der Waals surface area contributed by atoms with Gasteiger partial charge in [-0.2, -0.15) is 0 Å². The molecule has 2 nitrogen and oxygen atoms in total. The summed E-state index contributed by atoms with van der Waals surface area (Å²) in [6.07, 6.45) is 2.15. The third-order valence-corrected chi connectivity index (χ3v) is 4.14. The van der Waals surface area contributed by atoms with E-state index in [1.807, 2.05) is 12.1 Å². The largest absolute Gasteiger partial charge is 0.343 e. The fourth-order valence-electron chi connectivity index (χ4n) is 2.69. The van der Waals surface area contributed by atoms with E-state index >= 15 is 0 Å². The van der Waals surface area contributed by atoms with Crippen LogP contribution in [0.15, 0.2) is 48.7 Å². The average Bonchev–Trinajstić information content (AvgIpc) is 2.86. The van der Waals surface area contributed by atoms with Crippen LogP contribution in [0, 0.1) is 5.82 Å². The smallest absolute Gasteiger partial charge is 0.124 e. The Labute approximate surface area is 134 Å². The first-order chi connectivity index (χ1) is 10.7. The van der Waals surface area contributed by atoms with E-state index in [0.29, 0.717) is 11.6 Å². The van der Waals surface area contributed by atoms with Crippen molar-refractivity contribution in [2.24, 2.45) is 0 Å². The van der Waals surface area contributed by atoms with Gasteiger partial charge in [0.25, 0.3) is 0 Å². The summed E-state index contributed by atoms with van der Waals surface area (Å²) in [4.78, 5) is 0. The zero-order valence-corrected chi connectivity index (χ0v) is 13.2. The van der Waals surface area contributed by atoms with Gasteiger partial charge < -0.3 is 9.88 Å². The van der Waals surface area contributed by atoms with Crippen molar-refractivity contribution in [3.05, 3.63) is 70.6 Å². The second kappa shape index (κ2) is 6.51. The van der Waals surface area contributed by atoms with E-state index in [2.05, 4.69) is 35.1 Å².